The molecule has 1 aromatic rings. The zero-order valence-corrected chi connectivity index (χ0v) is 12.8. The molecule has 1 aromatic carbocycles. The van der Waals surface area contributed by atoms with Gasteiger partial charge < -0.3 is 14.8 Å². The molecule has 0 aliphatic rings. The molecule has 100 valence electrons. The smallest absolute Gasteiger partial charge is 0.175 e. The predicted molar refractivity (Wildman–Crippen MR) is 78.4 cm³/mol. The molecule has 0 unspecified atom stereocenters. The van der Waals surface area contributed by atoms with Crippen molar-refractivity contribution in [1.82, 2.24) is 5.32 Å². The maximum atomic E-state index is 5.75. The van der Waals surface area contributed by atoms with Crippen molar-refractivity contribution < 1.29 is 9.47 Å². The van der Waals surface area contributed by atoms with Crippen LogP contribution in [-0.2, 0) is 6.54 Å². The van der Waals surface area contributed by atoms with E-state index in [2.05, 4.69) is 27.8 Å². The average Bonchev–Trinajstić information content (AvgIpc) is 2.31. The fourth-order valence-corrected chi connectivity index (χ4v) is 2.15. The van der Waals surface area contributed by atoms with Crippen LogP contribution < -0.4 is 14.8 Å². The van der Waals surface area contributed by atoms with Crippen LogP contribution in [-0.4, -0.2) is 20.8 Å². The highest BCUT2D eigenvalue weighted by Crippen LogP contribution is 2.36. The Kier molecular flexibility index (Phi) is 6.22. The molecule has 0 saturated carbocycles. The summed E-state index contributed by atoms with van der Waals surface area (Å²) in [5.74, 6) is 1.50. The molecule has 0 bridgehead atoms. The van der Waals surface area contributed by atoms with Crippen LogP contribution in [0.25, 0.3) is 0 Å². The lowest BCUT2D eigenvalue weighted by Crippen LogP contribution is -2.06. The van der Waals surface area contributed by atoms with E-state index in [1.165, 1.54) is 0 Å². The lowest BCUT2D eigenvalue weighted by molar-refractivity contribution is 0.295. The molecule has 0 fully saturated rings. The molecular weight excluding hydrogens is 294 g/mol. The van der Waals surface area contributed by atoms with Gasteiger partial charge in [-0.2, -0.15) is 0 Å². The summed E-state index contributed by atoms with van der Waals surface area (Å²) in [7, 11) is 3.56. The topological polar surface area (TPSA) is 30.5 Å². The SMILES string of the molecule is C=C(C)CCOc1c(Br)cc(CNC)cc1OC. The summed E-state index contributed by atoms with van der Waals surface area (Å²) in [5, 5.41) is 3.11. The lowest BCUT2D eigenvalue weighted by Gasteiger charge is -2.14. The number of benzene rings is 1. The summed E-state index contributed by atoms with van der Waals surface area (Å²) >= 11 is 3.52. The van der Waals surface area contributed by atoms with Gasteiger partial charge in [0.25, 0.3) is 0 Å². The summed E-state index contributed by atoms with van der Waals surface area (Å²) in [4.78, 5) is 0. The molecule has 0 aromatic heterocycles. The third kappa shape index (κ3) is 4.35. The Labute approximate surface area is 117 Å². The van der Waals surface area contributed by atoms with Gasteiger partial charge >= 0.3 is 0 Å². The number of nitrogens with one attached hydrogen (secondary N) is 1. The Hall–Kier alpha value is -1.00. The minimum Gasteiger partial charge on any atom is -0.493 e. The highest BCUT2D eigenvalue weighted by molar-refractivity contribution is 9.10. The Bertz CT molecular complexity index is 419. The van der Waals surface area contributed by atoms with E-state index in [0.29, 0.717) is 6.61 Å². The molecule has 4 heteroatoms. The van der Waals surface area contributed by atoms with Crippen LogP contribution in [0.2, 0.25) is 0 Å². The van der Waals surface area contributed by atoms with Crippen molar-refractivity contribution in [2.24, 2.45) is 0 Å². The van der Waals surface area contributed by atoms with Crippen LogP contribution >= 0.6 is 15.9 Å². The molecule has 1 rings (SSSR count). The monoisotopic (exact) mass is 313 g/mol. The maximum Gasteiger partial charge on any atom is 0.175 e. The van der Waals surface area contributed by atoms with E-state index >= 15 is 0 Å². The van der Waals surface area contributed by atoms with Gasteiger partial charge in [0.05, 0.1) is 18.2 Å². The standard InChI is InChI=1S/C14H20BrNO2/c1-10(2)5-6-18-14-12(15)7-11(9-16-3)8-13(14)17-4/h7-8,16H,1,5-6,9H2,2-4H3. The second-order valence-corrected chi connectivity index (χ2v) is 5.05. The summed E-state index contributed by atoms with van der Waals surface area (Å²) in [6.07, 6.45) is 0.841. The summed E-state index contributed by atoms with van der Waals surface area (Å²) in [6.45, 7) is 7.25. The fraction of sp³-hybridized carbons (Fsp3) is 0.429. The molecular formula is C14H20BrNO2. The van der Waals surface area contributed by atoms with Gasteiger partial charge in [0.2, 0.25) is 0 Å². The van der Waals surface area contributed by atoms with E-state index in [4.69, 9.17) is 9.47 Å². The van der Waals surface area contributed by atoms with Crippen molar-refractivity contribution in [2.45, 2.75) is 19.9 Å². The second kappa shape index (κ2) is 7.44. The molecule has 0 amide bonds. The number of hydrogen-bond donors (Lipinski definition) is 1. The Morgan fingerprint density at radius 1 is 1.44 bits per heavy atom. The lowest BCUT2D eigenvalue weighted by atomic mass is 10.2. The zero-order chi connectivity index (χ0) is 13.5. The van der Waals surface area contributed by atoms with Gasteiger partial charge in [-0.05, 0) is 47.6 Å². The van der Waals surface area contributed by atoms with Crippen molar-refractivity contribution in [3.05, 3.63) is 34.3 Å². The summed E-state index contributed by atoms with van der Waals surface area (Å²) < 4.78 is 12.0. The van der Waals surface area contributed by atoms with Crippen LogP contribution in [0.4, 0.5) is 0 Å². The van der Waals surface area contributed by atoms with Crippen molar-refractivity contribution in [1.29, 1.82) is 0 Å². The molecule has 1 N–H and O–H groups in total. The van der Waals surface area contributed by atoms with E-state index in [1.807, 2.05) is 26.1 Å². The highest BCUT2D eigenvalue weighted by Gasteiger charge is 2.11. The van der Waals surface area contributed by atoms with Gasteiger partial charge in [-0.25, -0.2) is 0 Å². The van der Waals surface area contributed by atoms with E-state index in [9.17, 15) is 0 Å². The van der Waals surface area contributed by atoms with Gasteiger partial charge in [0.15, 0.2) is 11.5 Å². The molecule has 3 nitrogen and oxygen atoms in total. The van der Waals surface area contributed by atoms with Crippen LogP contribution in [0.3, 0.4) is 0 Å². The van der Waals surface area contributed by atoms with Gasteiger partial charge in [-0.3, -0.25) is 0 Å². The van der Waals surface area contributed by atoms with E-state index in [0.717, 1.165) is 40.1 Å². The third-order valence-electron chi connectivity index (χ3n) is 2.45. The average molecular weight is 314 g/mol. The Balaban J connectivity index is 2.85. The number of halogens is 1. The van der Waals surface area contributed by atoms with Gasteiger partial charge in [-0.15, -0.1) is 6.58 Å². The number of hydrogen-bond acceptors (Lipinski definition) is 3. The molecule has 0 aliphatic heterocycles. The van der Waals surface area contributed by atoms with Crippen molar-refractivity contribution in [2.75, 3.05) is 20.8 Å². The normalized spacial score (nSPS) is 10.2. The summed E-state index contributed by atoms with van der Waals surface area (Å²) in [5.41, 5.74) is 2.25. The first kappa shape index (κ1) is 15.1. The molecule has 18 heavy (non-hydrogen) atoms. The number of rotatable bonds is 7. The van der Waals surface area contributed by atoms with Crippen LogP contribution in [0.15, 0.2) is 28.8 Å². The van der Waals surface area contributed by atoms with Crippen molar-refractivity contribution in [3.63, 3.8) is 0 Å². The highest BCUT2D eigenvalue weighted by atomic mass is 79.9. The fourth-order valence-electron chi connectivity index (χ4n) is 1.55. The summed E-state index contributed by atoms with van der Waals surface area (Å²) in [6, 6.07) is 4.02. The van der Waals surface area contributed by atoms with Crippen LogP contribution in [0, 0.1) is 0 Å². The Morgan fingerprint density at radius 2 is 2.17 bits per heavy atom. The second-order valence-electron chi connectivity index (χ2n) is 4.19. The predicted octanol–water partition coefficient (Wildman–Crippen LogP) is 3.52. The zero-order valence-electron chi connectivity index (χ0n) is 11.2. The molecule has 0 heterocycles. The molecule has 0 saturated heterocycles. The van der Waals surface area contributed by atoms with E-state index in [1.54, 1.807) is 7.11 Å². The first-order valence-corrected chi connectivity index (χ1v) is 6.66. The van der Waals surface area contributed by atoms with Gasteiger partial charge in [0, 0.05) is 13.0 Å². The third-order valence-corrected chi connectivity index (χ3v) is 3.03. The molecule has 0 spiro atoms. The van der Waals surface area contributed by atoms with Gasteiger partial charge in [-0.1, -0.05) is 5.57 Å². The van der Waals surface area contributed by atoms with Crippen molar-refractivity contribution in [3.8, 4) is 11.5 Å². The number of methoxy groups -OCH3 is 1. The number of ether oxygens (including phenoxy) is 2. The minimum atomic E-state index is 0.607. The molecule has 0 aliphatic carbocycles. The van der Waals surface area contributed by atoms with Crippen molar-refractivity contribution >= 4 is 15.9 Å². The van der Waals surface area contributed by atoms with E-state index < -0.39 is 0 Å². The first-order chi connectivity index (χ1) is 8.58. The van der Waals surface area contributed by atoms with Crippen LogP contribution in [0.5, 0.6) is 11.5 Å². The maximum absolute atomic E-state index is 5.75. The first-order valence-electron chi connectivity index (χ1n) is 5.86. The quantitative estimate of drug-likeness (QED) is 0.781. The molecule has 0 radical (unpaired) electrons. The minimum absolute atomic E-state index is 0.607. The van der Waals surface area contributed by atoms with E-state index in [-0.39, 0.29) is 0 Å². The largest absolute Gasteiger partial charge is 0.493 e. The molecule has 0 atom stereocenters. The Morgan fingerprint density at radius 3 is 2.72 bits per heavy atom. The van der Waals surface area contributed by atoms with Crippen LogP contribution in [0.1, 0.15) is 18.9 Å². The van der Waals surface area contributed by atoms with Gasteiger partial charge in [0.1, 0.15) is 0 Å².